The number of aromatic nitrogens is 2. The number of nitrogens with one attached hydrogen (secondary N) is 2. The zero-order valence-electron chi connectivity index (χ0n) is 14.0. The van der Waals surface area contributed by atoms with Crippen molar-refractivity contribution in [1.29, 1.82) is 0 Å². The van der Waals surface area contributed by atoms with Crippen LogP contribution in [-0.2, 0) is 6.54 Å². The minimum atomic E-state index is -0.477. The second kappa shape index (κ2) is 7.69. The van der Waals surface area contributed by atoms with Crippen LogP contribution in [-0.4, -0.2) is 15.9 Å². The van der Waals surface area contributed by atoms with Gasteiger partial charge in [0, 0.05) is 17.8 Å². The molecule has 3 aromatic rings. The second-order valence-electron chi connectivity index (χ2n) is 5.60. The average molecular weight is 354 g/mol. The molecule has 26 heavy (non-hydrogen) atoms. The van der Waals surface area contributed by atoms with Crippen LogP contribution in [0, 0.1) is 18.6 Å². The Morgan fingerprint density at radius 2 is 1.69 bits per heavy atom. The fraction of sp³-hybridized carbons (Fsp3) is 0.105. The van der Waals surface area contributed by atoms with Gasteiger partial charge in [0.1, 0.15) is 17.3 Å². The molecule has 7 heteroatoms. The number of benzene rings is 2. The van der Waals surface area contributed by atoms with Gasteiger partial charge < -0.3 is 10.6 Å². The average Bonchev–Trinajstić information content (AvgIpc) is 2.62. The van der Waals surface area contributed by atoms with Crippen LogP contribution in [0.2, 0.25) is 0 Å². The summed E-state index contributed by atoms with van der Waals surface area (Å²) >= 11 is 0. The van der Waals surface area contributed by atoms with E-state index in [9.17, 15) is 13.6 Å². The summed E-state index contributed by atoms with van der Waals surface area (Å²) in [7, 11) is 0. The van der Waals surface area contributed by atoms with E-state index in [0.717, 1.165) is 0 Å². The molecule has 0 bridgehead atoms. The van der Waals surface area contributed by atoms with Crippen molar-refractivity contribution in [1.82, 2.24) is 15.3 Å². The fourth-order valence-electron chi connectivity index (χ4n) is 2.33. The summed E-state index contributed by atoms with van der Waals surface area (Å²) in [4.78, 5) is 20.6. The molecule has 3 rings (SSSR count). The smallest absolute Gasteiger partial charge is 0.270 e. The van der Waals surface area contributed by atoms with Crippen molar-refractivity contribution in [2.45, 2.75) is 13.5 Å². The number of halogens is 2. The number of hydrogen-bond donors (Lipinski definition) is 2. The number of rotatable bonds is 5. The molecule has 0 saturated carbocycles. The van der Waals surface area contributed by atoms with E-state index in [2.05, 4.69) is 20.6 Å². The summed E-state index contributed by atoms with van der Waals surface area (Å²) in [5.41, 5.74) is 1.22. The molecule has 0 aliphatic rings. The van der Waals surface area contributed by atoms with Crippen LogP contribution < -0.4 is 10.6 Å². The quantitative estimate of drug-likeness (QED) is 0.733. The van der Waals surface area contributed by atoms with Crippen molar-refractivity contribution in [2.75, 3.05) is 5.32 Å². The third-order valence-corrected chi connectivity index (χ3v) is 3.60. The number of carbonyl (C=O) groups is 1. The maximum absolute atomic E-state index is 13.7. The van der Waals surface area contributed by atoms with E-state index in [-0.39, 0.29) is 23.9 Å². The molecule has 2 N–H and O–H groups in total. The third kappa shape index (κ3) is 4.18. The first-order valence-corrected chi connectivity index (χ1v) is 7.92. The zero-order valence-corrected chi connectivity index (χ0v) is 14.0. The highest BCUT2D eigenvalue weighted by Gasteiger charge is 2.12. The Balaban J connectivity index is 1.75. The number of hydrogen-bond acceptors (Lipinski definition) is 4. The number of anilines is 2. The van der Waals surface area contributed by atoms with Crippen molar-refractivity contribution in [2.24, 2.45) is 0 Å². The van der Waals surface area contributed by atoms with Gasteiger partial charge in [-0.05, 0) is 31.2 Å². The zero-order chi connectivity index (χ0) is 18.5. The Morgan fingerprint density at radius 3 is 2.42 bits per heavy atom. The van der Waals surface area contributed by atoms with Crippen molar-refractivity contribution in [3.8, 4) is 0 Å². The van der Waals surface area contributed by atoms with E-state index < -0.39 is 17.5 Å². The monoisotopic (exact) mass is 354 g/mol. The lowest BCUT2D eigenvalue weighted by molar-refractivity contribution is 0.0945. The molecular weight excluding hydrogens is 338 g/mol. The van der Waals surface area contributed by atoms with E-state index in [1.165, 1.54) is 18.2 Å². The molecule has 0 aliphatic heterocycles. The van der Waals surface area contributed by atoms with E-state index in [1.807, 2.05) is 0 Å². The van der Waals surface area contributed by atoms with Gasteiger partial charge in [0.25, 0.3) is 5.91 Å². The van der Waals surface area contributed by atoms with E-state index >= 15 is 0 Å². The molecule has 0 unspecified atom stereocenters. The summed E-state index contributed by atoms with van der Waals surface area (Å²) in [6.45, 7) is 1.73. The number of nitrogens with zero attached hydrogens (tertiary/aromatic N) is 2. The van der Waals surface area contributed by atoms with Crippen LogP contribution in [0.25, 0.3) is 0 Å². The van der Waals surface area contributed by atoms with Gasteiger partial charge in [-0.25, -0.2) is 18.7 Å². The molecule has 0 saturated heterocycles. The topological polar surface area (TPSA) is 66.9 Å². The SMILES string of the molecule is Cc1cc(C(=O)NCc2ccccc2F)nc(Nc2ccccc2F)n1. The molecule has 1 aromatic heterocycles. The molecular formula is C19H16F2N4O. The number of para-hydroxylation sites is 1. The molecule has 0 spiro atoms. The van der Waals surface area contributed by atoms with Gasteiger partial charge in [-0.1, -0.05) is 30.3 Å². The lowest BCUT2D eigenvalue weighted by Gasteiger charge is -2.10. The number of amides is 1. The van der Waals surface area contributed by atoms with Gasteiger partial charge in [0.05, 0.1) is 5.69 Å². The fourth-order valence-corrected chi connectivity index (χ4v) is 2.33. The molecule has 2 aromatic carbocycles. The molecule has 132 valence electrons. The van der Waals surface area contributed by atoms with E-state index in [0.29, 0.717) is 11.3 Å². The molecule has 0 atom stereocenters. The predicted molar refractivity (Wildman–Crippen MR) is 94.0 cm³/mol. The van der Waals surface area contributed by atoms with Crippen LogP contribution in [0.3, 0.4) is 0 Å². The van der Waals surface area contributed by atoms with Gasteiger partial charge in [0.2, 0.25) is 5.95 Å². The summed E-state index contributed by atoms with van der Waals surface area (Å²) in [5, 5.41) is 5.37. The largest absolute Gasteiger partial charge is 0.347 e. The normalized spacial score (nSPS) is 10.4. The molecule has 0 radical (unpaired) electrons. The summed E-state index contributed by atoms with van der Waals surface area (Å²) in [6, 6.07) is 13.8. The van der Waals surface area contributed by atoms with Crippen molar-refractivity contribution < 1.29 is 13.6 Å². The predicted octanol–water partition coefficient (Wildman–Crippen LogP) is 3.74. The Hall–Kier alpha value is -3.35. The lowest BCUT2D eigenvalue weighted by atomic mass is 10.2. The van der Waals surface area contributed by atoms with Gasteiger partial charge in [0.15, 0.2) is 0 Å². The Morgan fingerprint density at radius 1 is 1.00 bits per heavy atom. The molecule has 1 amide bonds. The summed E-state index contributed by atoms with van der Waals surface area (Å²) in [5.74, 6) is -1.22. The van der Waals surface area contributed by atoms with Gasteiger partial charge in [-0.3, -0.25) is 4.79 Å². The van der Waals surface area contributed by atoms with Gasteiger partial charge in [-0.15, -0.1) is 0 Å². The van der Waals surface area contributed by atoms with Crippen molar-refractivity contribution in [3.05, 3.63) is 83.2 Å². The maximum atomic E-state index is 13.7. The second-order valence-corrected chi connectivity index (χ2v) is 5.60. The molecule has 0 aliphatic carbocycles. The highest BCUT2D eigenvalue weighted by atomic mass is 19.1. The van der Waals surface area contributed by atoms with Crippen molar-refractivity contribution >= 4 is 17.5 Å². The minimum absolute atomic E-state index is 0.0324. The first-order valence-electron chi connectivity index (χ1n) is 7.92. The molecule has 5 nitrogen and oxygen atoms in total. The van der Waals surface area contributed by atoms with Gasteiger partial charge >= 0.3 is 0 Å². The third-order valence-electron chi connectivity index (χ3n) is 3.60. The van der Waals surface area contributed by atoms with Gasteiger partial charge in [-0.2, -0.15) is 0 Å². The van der Waals surface area contributed by atoms with E-state index in [4.69, 9.17) is 0 Å². The Kier molecular flexibility index (Phi) is 5.17. The standard InChI is InChI=1S/C19H16F2N4O/c1-12-10-17(18(26)22-11-13-6-2-3-7-14(13)20)25-19(23-12)24-16-9-5-4-8-15(16)21/h2-10H,11H2,1H3,(H,22,26)(H,23,24,25). The van der Waals surface area contributed by atoms with Crippen LogP contribution in [0.15, 0.2) is 54.6 Å². The summed E-state index contributed by atoms with van der Waals surface area (Å²) in [6.07, 6.45) is 0. The lowest BCUT2D eigenvalue weighted by Crippen LogP contribution is -2.25. The summed E-state index contributed by atoms with van der Waals surface area (Å²) < 4.78 is 27.4. The number of carbonyl (C=O) groups excluding carboxylic acids is 1. The minimum Gasteiger partial charge on any atom is -0.347 e. The van der Waals surface area contributed by atoms with Crippen LogP contribution in [0.5, 0.6) is 0 Å². The van der Waals surface area contributed by atoms with Crippen molar-refractivity contribution in [3.63, 3.8) is 0 Å². The first-order chi connectivity index (χ1) is 12.5. The van der Waals surface area contributed by atoms with Crippen LogP contribution >= 0.6 is 0 Å². The first kappa shape index (κ1) is 17.5. The van der Waals surface area contributed by atoms with E-state index in [1.54, 1.807) is 43.3 Å². The number of aryl methyl sites for hydroxylation is 1. The van der Waals surface area contributed by atoms with Crippen LogP contribution in [0.4, 0.5) is 20.4 Å². The Bertz CT molecular complexity index is 946. The Labute approximate surface area is 149 Å². The maximum Gasteiger partial charge on any atom is 0.270 e. The highest BCUT2D eigenvalue weighted by Crippen LogP contribution is 2.17. The molecule has 0 fully saturated rings. The van der Waals surface area contributed by atoms with Crippen LogP contribution in [0.1, 0.15) is 21.7 Å². The molecule has 1 heterocycles. The highest BCUT2D eigenvalue weighted by molar-refractivity contribution is 5.92.